The van der Waals surface area contributed by atoms with Gasteiger partial charge in [0.05, 0.1) is 22.8 Å². The molecule has 13 aromatic rings. The second-order valence-corrected chi connectivity index (χ2v) is 22.2. The molecule has 0 N–H and O–H groups in total. The Morgan fingerprint density at radius 2 is 1.11 bits per heavy atom. The zero-order chi connectivity index (χ0) is 53.8. The summed E-state index contributed by atoms with van der Waals surface area (Å²) in [5, 5.41) is 10.8. The van der Waals surface area contributed by atoms with E-state index in [9.17, 15) is 0 Å². The Balaban J connectivity index is 0.973. The van der Waals surface area contributed by atoms with Gasteiger partial charge in [-0.3, -0.25) is 0 Å². The Morgan fingerprint density at radius 1 is 0.494 bits per heavy atom. The van der Waals surface area contributed by atoms with Crippen molar-refractivity contribution in [3.05, 3.63) is 293 Å². The van der Waals surface area contributed by atoms with Crippen molar-refractivity contribution in [1.29, 1.82) is 0 Å². The number of para-hydroxylation sites is 2. The SMILES string of the molecule is CCc1cc2ccccc2c2c3c(oc12)C(N(c1ccccc1)c1cc2c(c4ccccc14)-c1ccc(N(C4=CC=CCC4)c4cccc5c4oc4c(CC)cc6ccccc6c45)cc1C2(c1ccccc1)c1ccccc1)CC=C3. The normalized spacial score (nSPS) is 15.2. The third kappa shape index (κ3) is 7.02. The van der Waals surface area contributed by atoms with Gasteiger partial charge in [-0.2, -0.15) is 0 Å². The minimum absolute atomic E-state index is 0.151. The van der Waals surface area contributed by atoms with Crippen molar-refractivity contribution >= 4 is 94.1 Å². The average Bonchev–Trinajstić information content (AvgIpc) is 3.89. The Hall–Kier alpha value is -9.64. The average molecular weight is 1040 g/mol. The van der Waals surface area contributed by atoms with Crippen LogP contribution in [0.15, 0.2) is 257 Å². The van der Waals surface area contributed by atoms with E-state index in [4.69, 9.17) is 8.83 Å². The predicted molar refractivity (Wildman–Crippen MR) is 339 cm³/mol. The van der Waals surface area contributed by atoms with Crippen LogP contribution in [-0.4, -0.2) is 0 Å². The minimum Gasteiger partial charge on any atom is -0.458 e. The lowest BCUT2D eigenvalue weighted by molar-refractivity contribution is 0.487. The molecule has 2 heterocycles. The van der Waals surface area contributed by atoms with Crippen LogP contribution in [0.4, 0.5) is 22.7 Å². The lowest BCUT2D eigenvalue weighted by Crippen LogP contribution is -2.30. The minimum atomic E-state index is -0.747. The summed E-state index contributed by atoms with van der Waals surface area (Å²) >= 11 is 0. The van der Waals surface area contributed by atoms with E-state index in [0.29, 0.717) is 0 Å². The maximum absolute atomic E-state index is 7.38. The first-order chi connectivity index (χ1) is 40.1. The molecule has 0 radical (unpaired) electrons. The molecule has 0 amide bonds. The van der Waals surface area contributed by atoms with Gasteiger partial charge in [-0.05, 0) is 158 Å². The Labute approximate surface area is 471 Å². The highest BCUT2D eigenvalue weighted by atomic mass is 16.3. The van der Waals surface area contributed by atoms with E-state index in [1.165, 1.54) is 98.9 Å². The van der Waals surface area contributed by atoms with E-state index in [1.807, 2.05) is 0 Å². The summed E-state index contributed by atoms with van der Waals surface area (Å²) in [7, 11) is 0. The van der Waals surface area contributed by atoms with Crippen LogP contribution in [-0.2, 0) is 18.3 Å². The van der Waals surface area contributed by atoms with Crippen LogP contribution in [0.1, 0.15) is 83.9 Å². The number of hydrogen-bond acceptors (Lipinski definition) is 4. The molecule has 81 heavy (non-hydrogen) atoms. The van der Waals surface area contributed by atoms with Gasteiger partial charge in [0.1, 0.15) is 16.9 Å². The molecular weight excluding hydrogens is 985 g/mol. The van der Waals surface area contributed by atoms with Crippen molar-refractivity contribution in [3.8, 4) is 11.1 Å². The molecule has 4 nitrogen and oxygen atoms in total. The van der Waals surface area contributed by atoms with Crippen LogP contribution in [0, 0.1) is 0 Å². The summed E-state index contributed by atoms with van der Waals surface area (Å²) in [6, 6.07) is 81.4. The van der Waals surface area contributed by atoms with E-state index >= 15 is 0 Å². The second-order valence-electron chi connectivity index (χ2n) is 22.2. The Kier molecular flexibility index (Phi) is 11.0. The van der Waals surface area contributed by atoms with Crippen molar-refractivity contribution in [2.75, 3.05) is 9.80 Å². The molecule has 0 saturated heterocycles. The summed E-state index contributed by atoms with van der Waals surface area (Å²) in [6.07, 6.45) is 15.9. The standard InChI is InChI=1S/C77H58N2O2/c1-3-49-45-51-25-17-19-35-58(51)71-63-39-23-41-67(75(63)80-73(49)71)78(55-31-13-7-14-32-55)57-43-44-62-65(47-57)77(53-27-9-5-10-28-53,54-29-11-6-12-30-54)66-48-69(60-37-21-22-38-61(60)70(62)66)79(56-33-15-8-16-34-56)68-42-24-40-64-72-59-36-20-18-26-52(59)46-50(4-2)74(72)81-76(64)68/h5-13,15-31,33-41,43-48,68H,3-4,14,32,42H2,1-2H3. The van der Waals surface area contributed by atoms with Crippen LogP contribution in [0.25, 0.3) is 82.4 Å². The van der Waals surface area contributed by atoms with Crippen molar-refractivity contribution in [3.63, 3.8) is 0 Å². The van der Waals surface area contributed by atoms with Gasteiger partial charge in [0.2, 0.25) is 0 Å². The zero-order valence-electron chi connectivity index (χ0n) is 45.5. The molecular formula is C77H58N2O2. The first-order valence-corrected chi connectivity index (χ1v) is 28.9. The third-order valence-corrected chi connectivity index (χ3v) is 18.0. The number of furan rings is 2. The van der Waals surface area contributed by atoms with Gasteiger partial charge < -0.3 is 18.6 Å². The molecule has 0 saturated carbocycles. The fourth-order valence-electron chi connectivity index (χ4n) is 14.5. The summed E-state index contributed by atoms with van der Waals surface area (Å²) in [6.45, 7) is 4.47. The van der Waals surface area contributed by atoms with Crippen LogP contribution < -0.4 is 9.80 Å². The fraction of sp³-hybridized carbons (Fsp3) is 0.117. The van der Waals surface area contributed by atoms with Crippen LogP contribution in [0.3, 0.4) is 0 Å². The highest BCUT2D eigenvalue weighted by molar-refractivity contribution is 6.22. The van der Waals surface area contributed by atoms with Crippen LogP contribution >= 0.6 is 0 Å². The third-order valence-electron chi connectivity index (χ3n) is 18.0. The zero-order valence-corrected chi connectivity index (χ0v) is 45.5. The quantitative estimate of drug-likeness (QED) is 0.137. The molecule has 4 heteroatoms. The number of allylic oxidation sites excluding steroid dienone is 4. The Bertz CT molecular complexity index is 4730. The molecule has 0 fully saturated rings. The first-order valence-electron chi connectivity index (χ1n) is 28.9. The van der Waals surface area contributed by atoms with Gasteiger partial charge in [-0.15, -0.1) is 0 Å². The number of rotatable bonds is 10. The van der Waals surface area contributed by atoms with Crippen LogP contribution in [0.5, 0.6) is 0 Å². The van der Waals surface area contributed by atoms with Crippen LogP contribution in [0.2, 0.25) is 0 Å². The number of nitrogens with zero attached hydrogens (tertiary/aromatic N) is 2. The predicted octanol–water partition coefficient (Wildman–Crippen LogP) is 20.9. The van der Waals surface area contributed by atoms with Gasteiger partial charge in [-0.25, -0.2) is 0 Å². The van der Waals surface area contributed by atoms with E-state index in [0.717, 1.165) is 82.7 Å². The van der Waals surface area contributed by atoms with Crippen molar-refractivity contribution < 1.29 is 8.83 Å². The monoisotopic (exact) mass is 1040 g/mol. The molecule has 3 aliphatic rings. The van der Waals surface area contributed by atoms with Crippen molar-refractivity contribution in [1.82, 2.24) is 0 Å². The fourth-order valence-corrected chi connectivity index (χ4v) is 14.5. The summed E-state index contributed by atoms with van der Waals surface area (Å²) in [4.78, 5) is 5.10. The van der Waals surface area contributed by atoms with E-state index in [-0.39, 0.29) is 6.04 Å². The van der Waals surface area contributed by atoms with E-state index < -0.39 is 5.41 Å². The van der Waals surface area contributed by atoms with Gasteiger partial charge >= 0.3 is 0 Å². The first kappa shape index (κ1) is 47.4. The molecule has 1 unspecified atom stereocenters. The maximum Gasteiger partial charge on any atom is 0.159 e. The van der Waals surface area contributed by atoms with Crippen molar-refractivity contribution in [2.45, 2.75) is 57.4 Å². The second kappa shape index (κ2) is 18.8. The van der Waals surface area contributed by atoms with E-state index in [1.54, 1.807) is 0 Å². The molecule has 0 bridgehead atoms. The molecule has 0 aliphatic heterocycles. The topological polar surface area (TPSA) is 32.8 Å². The number of benzene rings is 11. The molecule has 16 rings (SSSR count). The van der Waals surface area contributed by atoms with Gasteiger partial charge in [0, 0.05) is 44.2 Å². The molecule has 1 atom stereocenters. The number of aryl methyl sites for hydroxylation is 2. The van der Waals surface area contributed by atoms with Gasteiger partial charge in [-0.1, -0.05) is 208 Å². The molecule has 2 aromatic heterocycles. The number of fused-ring (bicyclic) bond motifs is 15. The number of anilines is 4. The molecule has 11 aromatic carbocycles. The van der Waals surface area contributed by atoms with Gasteiger partial charge in [0.25, 0.3) is 0 Å². The summed E-state index contributed by atoms with van der Waals surface area (Å²) in [5.74, 6) is 1.00. The largest absolute Gasteiger partial charge is 0.458 e. The maximum atomic E-state index is 7.38. The van der Waals surface area contributed by atoms with Gasteiger partial charge in [0.15, 0.2) is 5.58 Å². The van der Waals surface area contributed by atoms with E-state index in [2.05, 4.69) is 272 Å². The Morgan fingerprint density at radius 3 is 1.79 bits per heavy atom. The highest BCUT2D eigenvalue weighted by Crippen LogP contribution is 2.61. The lowest BCUT2D eigenvalue weighted by atomic mass is 9.67. The van der Waals surface area contributed by atoms with Crippen molar-refractivity contribution in [2.24, 2.45) is 0 Å². The highest BCUT2D eigenvalue weighted by Gasteiger charge is 2.48. The lowest BCUT2D eigenvalue weighted by Gasteiger charge is -2.38. The molecule has 3 aliphatic carbocycles. The molecule has 0 spiro atoms. The summed E-state index contributed by atoms with van der Waals surface area (Å²) < 4.78 is 14.6. The smallest absolute Gasteiger partial charge is 0.159 e. The molecule has 388 valence electrons. The number of hydrogen-bond donors (Lipinski definition) is 0. The summed E-state index contributed by atoms with van der Waals surface area (Å²) in [5.41, 5.74) is 18.8.